The Hall–Kier alpha value is -4.82. The van der Waals surface area contributed by atoms with Crippen molar-refractivity contribution < 1.29 is 19.6 Å². The van der Waals surface area contributed by atoms with Crippen LogP contribution in [0.3, 0.4) is 0 Å². The van der Waals surface area contributed by atoms with Crippen LogP contribution in [-0.2, 0) is 4.79 Å². The highest BCUT2D eigenvalue weighted by atomic mass is 16.6. The van der Waals surface area contributed by atoms with Crippen LogP contribution in [0.25, 0.3) is 0 Å². The van der Waals surface area contributed by atoms with Crippen LogP contribution in [0.15, 0.2) is 115 Å². The molecule has 0 radical (unpaired) electrons. The number of amides is 1. The van der Waals surface area contributed by atoms with Crippen LogP contribution in [0.4, 0.5) is 5.69 Å². The number of nitrogens with one attached hydrogen (secondary N) is 1. The number of carbonyl (C=O) groups excluding carboxylic acids is 1. The number of carboxylic acid groups (broad SMARTS) is 1. The Balaban J connectivity index is 0.000000350. The number of likely N-dealkylation sites (tertiary alicyclic amines) is 1. The van der Waals surface area contributed by atoms with E-state index in [1.807, 2.05) is 60.7 Å². The summed E-state index contributed by atoms with van der Waals surface area (Å²) in [5.41, 5.74) is 2.95. The highest BCUT2D eigenvalue weighted by Crippen LogP contribution is 2.30. The number of nitrogens with zero attached hydrogens (tertiary/aromatic N) is 2. The fourth-order valence-electron chi connectivity index (χ4n) is 4.79. The first-order valence-corrected chi connectivity index (χ1v) is 13.1. The van der Waals surface area contributed by atoms with E-state index >= 15 is 0 Å². The summed E-state index contributed by atoms with van der Waals surface area (Å²) in [7, 11) is 0. The van der Waals surface area contributed by atoms with E-state index in [-0.39, 0.29) is 17.6 Å². The fraction of sp³-hybridized carbons (Fsp3) is 0.188. The van der Waals surface area contributed by atoms with Crippen LogP contribution in [-0.4, -0.2) is 39.9 Å². The molecular formula is C32H31N3O5. The molecule has 40 heavy (non-hydrogen) atoms. The van der Waals surface area contributed by atoms with Gasteiger partial charge in [-0.3, -0.25) is 19.8 Å². The molecule has 1 heterocycles. The number of rotatable bonds is 8. The lowest BCUT2D eigenvalue weighted by molar-refractivity contribution is -0.384. The minimum absolute atomic E-state index is 0.00262. The molecule has 0 aliphatic carbocycles. The van der Waals surface area contributed by atoms with Gasteiger partial charge in [0.05, 0.1) is 16.5 Å². The first-order valence-electron chi connectivity index (χ1n) is 13.1. The first kappa shape index (κ1) is 28.2. The van der Waals surface area contributed by atoms with Crippen molar-refractivity contribution in [3.05, 3.63) is 148 Å². The van der Waals surface area contributed by atoms with E-state index in [2.05, 4.69) is 10.2 Å². The smallest absolute Gasteiger partial charge is 0.335 e. The number of carbonyl (C=O) groups is 2. The summed E-state index contributed by atoms with van der Waals surface area (Å²) >= 11 is 0. The van der Waals surface area contributed by atoms with Crippen molar-refractivity contribution in [1.82, 2.24) is 10.2 Å². The van der Waals surface area contributed by atoms with Crippen LogP contribution >= 0.6 is 0 Å². The van der Waals surface area contributed by atoms with Crippen molar-refractivity contribution in [2.75, 3.05) is 13.1 Å². The molecule has 4 aromatic carbocycles. The Morgan fingerprint density at radius 3 is 1.73 bits per heavy atom. The Morgan fingerprint density at radius 1 is 0.750 bits per heavy atom. The van der Waals surface area contributed by atoms with Crippen molar-refractivity contribution in [2.45, 2.75) is 24.9 Å². The fourth-order valence-corrected chi connectivity index (χ4v) is 4.79. The Kier molecular flexibility index (Phi) is 9.74. The number of non-ortho nitro benzene ring substituents is 1. The third-order valence-electron chi connectivity index (χ3n) is 6.72. The Labute approximate surface area is 233 Å². The normalized spacial score (nSPS) is 13.6. The minimum atomic E-state index is -0.879. The second-order valence-electron chi connectivity index (χ2n) is 9.43. The maximum atomic E-state index is 13.6. The van der Waals surface area contributed by atoms with Crippen molar-refractivity contribution in [3.63, 3.8) is 0 Å². The molecule has 0 spiro atoms. The predicted molar refractivity (Wildman–Crippen MR) is 153 cm³/mol. The number of hydrogen-bond acceptors (Lipinski definition) is 5. The molecular weight excluding hydrogens is 506 g/mol. The molecule has 2 N–H and O–H groups in total. The topological polar surface area (TPSA) is 113 Å². The van der Waals surface area contributed by atoms with Crippen molar-refractivity contribution in [3.8, 4) is 0 Å². The Bertz CT molecular complexity index is 1370. The zero-order chi connectivity index (χ0) is 28.3. The van der Waals surface area contributed by atoms with Crippen LogP contribution in [0, 0.1) is 10.1 Å². The maximum Gasteiger partial charge on any atom is 0.335 e. The Morgan fingerprint density at radius 2 is 1.25 bits per heavy atom. The standard InChI is InChI=1S/C25H25N3O3.C7H6O2/c29-25(26-23(19-10-3-1-4-11-19)20-12-5-2-6-13-20)24(27-16-7-8-17-27)21-14-9-15-22(18-21)28(30)31;8-7(9)6-4-2-1-3-5-6/h1-6,9-15,18,23-24H,7-8,16-17H2,(H,26,29);1-5H,(H,8,9). The SMILES string of the molecule is O=C(NC(c1ccccc1)c1ccccc1)C(c1cccc([N+](=O)[O-])c1)N1CCCC1.O=C(O)c1ccccc1. The van der Waals surface area contributed by atoms with E-state index in [1.54, 1.807) is 42.5 Å². The van der Waals surface area contributed by atoms with E-state index in [1.165, 1.54) is 12.1 Å². The van der Waals surface area contributed by atoms with Crippen molar-refractivity contribution >= 4 is 17.6 Å². The van der Waals surface area contributed by atoms with E-state index < -0.39 is 16.9 Å². The summed E-state index contributed by atoms with van der Waals surface area (Å²) in [6.07, 6.45) is 2.03. The number of hydrogen-bond donors (Lipinski definition) is 2. The van der Waals surface area contributed by atoms with Gasteiger partial charge in [-0.1, -0.05) is 91.0 Å². The molecule has 1 aliphatic heterocycles. The molecule has 0 aromatic heterocycles. The summed E-state index contributed by atoms with van der Waals surface area (Å²) in [5, 5.41) is 22.9. The minimum Gasteiger partial charge on any atom is -0.478 e. The van der Waals surface area contributed by atoms with Gasteiger partial charge in [0.15, 0.2) is 0 Å². The zero-order valence-electron chi connectivity index (χ0n) is 21.9. The average Bonchev–Trinajstić information content (AvgIpc) is 3.52. The number of nitro benzene ring substituents is 1. The summed E-state index contributed by atoms with van der Waals surface area (Å²) in [6, 6.07) is 33.5. The van der Waals surface area contributed by atoms with Gasteiger partial charge in [0.2, 0.25) is 5.91 Å². The van der Waals surface area contributed by atoms with Crippen LogP contribution in [0.5, 0.6) is 0 Å². The lowest BCUT2D eigenvalue weighted by Crippen LogP contribution is -2.41. The molecule has 1 aliphatic rings. The van der Waals surface area contributed by atoms with Gasteiger partial charge >= 0.3 is 5.97 Å². The van der Waals surface area contributed by atoms with E-state index in [0.717, 1.165) is 37.1 Å². The lowest BCUT2D eigenvalue weighted by Gasteiger charge is -2.29. The van der Waals surface area contributed by atoms with Gasteiger partial charge in [-0.25, -0.2) is 4.79 Å². The van der Waals surface area contributed by atoms with Gasteiger partial charge in [0.1, 0.15) is 6.04 Å². The number of nitro groups is 1. The molecule has 0 bridgehead atoms. The number of aromatic carboxylic acids is 1. The second kappa shape index (κ2) is 13.8. The van der Waals surface area contributed by atoms with Gasteiger partial charge in [-0.2, -0.15) is 0 Å². The molecule has 1 unspecified atom stereocenters. The van der Waals surface area contributed by atoms with Gasteiger partial charge in [-0.05, 0) is 54.8 Å². The third-order valence-corrected chi connectivity index (χ3v) is 6.72. The van der Waals surface area contributed by atoms with Gasteiger partial charge in [0.25, 0.3) is 5.69 Å². The largest absolute Gasteiger partial charge is 0.478 e. The number of carboxylic acids is 1. The molecule has 0 saturated carbocycles. The highest BCUT2D eigenvalue weighted by molar-refractivity contribution is 5.87. The quantitative estimate of drug-likeness (QED) is 0.210. The van der Waals surface area contributed by atoms with Gasteiger partial charge in [0, 0.05) is 12.1 Å². The average molecular weight is 538 g/mol. The molecule has 204 valence electrons. The van der Waals surface area contributed by atoms with E-state index in [9.17, 15) is 19.7 Å². The summed E-state index contributed by atoms with van der Waals surface area (Å²) in [5.74, 6) is -1.03. The third kappa shape index (κ3) is 7.39. The van der Waals surface area contributed by atoms with Crippen LogP contribution < -0.4 is 5.32 Å². The van der Waals surface area contributed by atoms with E-state index in [4.69, 9.17) is 5.11 Å². The monoisotopic (exact) mass is 537 g/mol. The highest BCUT2D eigenvalue weighted by Gasteiger charge is 2.32. The molecule has 4 aromatic rings. The van der Waals surface area contributed by atoms with E-state index in [0.29, 0.717) is 11.1 Å². The summed E-state index contributed by atoms with van der Waals surface area (Å²) in [4.78, 5) is 36.8. The van der Waals surface area contributed by atoms with Crippen molar-refractivity contribution in [2.24, 2.45) is 0 Å². The lowest BCUT2D eigenvalue weighted by atomic mass is 9.97. The molecule has 1 saturated heterocycles. The van der Waals surface area contributed by atoms with Gasteiger partial charge in [-0.15, -0.1) is 0 Å². The molecule has 8 heteroatoms. The predicted octanol–water partition coefficient (Wildman–Crippen LogP) is 6.02. The maximum absolute atomic E-state index is 13.6. The van der Waals surface area contributed by atoms with Crippen LogP contribution in [0.2, 0.25) is 0 Å². The molecule has 5 rings (SSSR count). The molecule has 1 fully saturated rings. The van der Waals surface area contributed by atoms with Crippen molar-refractivity contribution in [1.29, 1.82) is 0 Å². The molecule has 1 amide bonds. The molecule has 8 nitrogen and oxygen atoms in total. The summed E-state index contributed by atoms with van der Waals surface area (Å²) < 4.78 is 0. The molecule has 1 atom stereocenters. The zero-order valence-corrected chi connectivity index (χ0v) is 21.9. The van der Waals surface area contributed by atoms with Gasteiger partial charge < -0.3 is 10.4 Å². The first-order chi connectivity index (χ1) is 19.4. The van der Waals surface area contributed by atoms with Crippen LogP contribution in [0.1, 0.15) is 52.0 Å². The summed E-state index contributed by atoms with van der Waals surface area (Å²) in [6.45, 7) is 1.59. The number of benzene rings is 4. The second-order valence-corrected chi connectivity index (χ2v) is 9.43.